The van der Waals surface area contributed by atoms with Crippen molar-refractivity contribution >= 4 is 6.03 Å². The van der Waals surface area contributed by atoms with Crippen molar-refractivity contribution < 1.29 is 14.4 Å². The normalized spacial score (nSPS) is 12.4. The minimum absolute atomic E-state index is 0.219. The average molecular weight is 284 g/mol. The van der Waals surface area contributed by atoms with Crippen LogP contribution in [0.3, 0.4) is 0 Å². The second-order valence-corrected chi connectivity index (χ2v) is 4.77. The Morgan fingerprint density at radius 3 is 2.60 bits per heavy atom. The van der Waals surface area contributed by atoms with Crippen molar-refractivity contribution in [2.45, 2.75) is 46.1 Å². The number of hydrogen-bond acceptors (Lipinski definition) is 5. The number of aromatic nitrogens is 2. The molecule has 7 nitrogen and oxygen atoms in total. The Labute approximate surface area is 119 Å². The zero-order valence-corrected chi connectivity index (χ0v) is 12.3. The number of amides is 2. The van der Waals surface area contributed by atoms with Crippen LogP contribution in [0.4, 0.5) is 4.79 Å². The Bertz CT molecular complexity index is 404. The molecule has 0 aliphatic heterocycles. The Kier molecular flexibility index (Phi) is 7.00. The van der Waals surface area contributed by atoms with Gasteiger partial charge in [0.05, 0.1) is 6.10 Å². The van der Waals surface area contributed by atoms with Crippen LogP contribution in [0.1, 0.15) is 38.4 Å². The monoisotopic (exact) mass is 284 g/mol. The number of hydrogen-bond donors (Lipinski definition) is 3. The van der Waals surface area contributed by atoms with E-state index in [2.05, 4.69) is 20.8 Å². The molecular formula is C13H24N4O3. The number of rotatable bonds is 8. The fourth-order valence-electron chi connectivity index (χ4n) is 1.98. The highest BCUT2D eigenvalue weighted by atomic mass is 16.5. The third kappa shape index (κ3) is 5.56. The highest BCUT2D eigenvalue weighted by Crippen LogP contribution is 2.11. The predicted octanol–water partition coefficient (Wildman–Crippen LogP) is 1.02. The number of aliphatic hydroxyl groups excluding tert-OH is 1. The Morgan fingerprint density at radius 2 is 2.05 bits per heavy atom. The molecular weight excluding hydrogens is 260 g/mol. The van der Waals surface area contributed by atoms with E-state index in [-0.39, 0.29) is 18.5 Å². The second kappa shape index (κ2) is 8.52. The van der Waals surface area contributed by atoms with Gasteiger partial charge in [-0.25, -0.2) is 4.79 Å². The van der Waals surface area contributed by atoms with Gasteiger partial charge >= 0.3 is 6.03 Å². The SMILES string of the molecule is CCC(CC)C(O)CNC(=O)NCCc1nc(C)no1. The van der Waals surface area contributed by atoms with Crippen LogP contribution in [0, 0.1) is 12.8 Å². The maximum atomic E-state index is 11.5. The van der Waals surface area contributed by atoms with Crippen LogP contribution in [-0.2, 0) is 6.42 Å². The molecule has 7 heteroatoms. The summed E-state index contributed by atoms with van der Waals surface area (Å²) in [7, 11) is 0. The Hall–Kier alpha value is -1.63. The zero-order chi connectivity index (χ0) is 15.0. The van der Waals surface area contributed by atoms with Gasteiger partial charge in [-0.05, 0) is 12.8 Å². The molecule has 0 saturated heterocycles. The fraction of sp³-hybridized carbons (Fsp3) is 0.769. The van der Waals surface area contributed by atoms with Crippen molar-refractivity contribution in [1.82, 2.24) is 20.8 Å². The molecule has 0 aromatic carbocycles. The Morgan fingerprint density at radius 1 is 1.35 bits per heavy atom. The first kappa shape index (κ1) is 16.4. The highest BCUT2D eigenvalue weighted by Gasteiger charge is 2.16. The fourth-order valence-corrected chi connectivity index (χ4v) is 1.98. The number of urea groups is 1. The van der Waals surface area contributed by atoms with Crippen LogP contribution >= 0.6 is 0 Å². The largest absolute Gasteiger partial charge is 0.391 e. The van der Waals surface area contributed by atoms with Gasteiger partial charge in [-0.3, -0.25) is 0 Å². The van der Waals surface area contributed by atoms with E-state index < -0.39 is 6.10 Å². The maximum absolute atomic E-state index is 11.5. The molecule has 1 heterocycles. The van der Waals surface area contributed by atoms with Crippen LogP contribution < -0.4 is 10.6 Å². The molecule has 2 amide bonds. The lowest BCUT2D eigenvalue weighted by Gasteiger charge is -2.20. The highest BCUT2D eigenvalue weighted by molar-refractivity contribution is 5.73. The van der Waals surface area contributed by atoms with Crippen LogP contribution in [0.5, 0.6) is 0 Å². The van der Waals surface area contributed by atoms with E-state index in [1.54, 1.807) is 6.92 Å². The number of carbonyl (C=O) groups is 1. The first-order chi connectivity index (χ1) is 9.56. The molecule has 0 aliphatic rings. The third-order valence-electron chi connectivity index (χ3n) is 3.26. The van der Waals surface area contributed by atoms with Crippen molar-refractivity contribution in [3.05, 3.63) is 11.7 Å². The summed E-state index contributed by atoms with van der Waals surface area (Å²) in [5.41, 5.74) is 0. The van der Waals surface area contributed by atoms with Crippen molar-refractivity contribution in [1.29, 1.82) is 0 Å². The molecule has 1 rings (SSSR count). The lowest BCUT2D eigenvalue weighted by molar-refractivity contribution is 0.103. The van der Waals surface area contributed by atoms with E-state index in [1.165, 1.54) is 0 Å². The number of carbonyl (C=O) groups excluding carboxylic acids is 1. The summed E-state index contributed by atoms with van der Waals surface area (Å²) in [5.74, 6) is 1.30. The summed E-state index contributed by atoms with van der Waals surface area (Å²) in [6.45, 7) is 6.48. The molecule has 0 fully saturated rings. The minimum atomic E-state index is -0.505. The molecule has 20 heavy (non-hydrogen) atoms. The van der Waals surface area contributed by atoms with Crippen molar-refractivity contribution in [2.75, 3.05) is 13.1 Å². The second-order valence-electron chi connectivity index (χ2n) is 4.77. The van der Waals surface area contributed by atoms with E-state index in [4.69, 9.17) is 4.52 Å². The molecule has 114 valence electrons. The molecule has 0 radical (unpaired) electrons. The van der Waals surface area contributed by atoms with Gasteiger partial charge in [0.2, 0.25) is 5.89 Å². The summed E-state index contributed by atoms with van der Waals surface area (Å²) in [4.78, 5) is 15.6. The number of aliphatic hydroxyl groups is 1. The summed E-state index contributed by atoms with van der Waals surface area (Å²) >= 11 is 0. The van der Waals surface area contributed by atoms with Crippen molar-refractivity contribution in [3.63, 3.8) is 0 Å². The van der Waals surface area contributed by atoms with E-state index in [9.17, 15) is 9.90 Å². The van der Waals surface area contributed by atoms with Crippen molar-refractivity contribution in [2.24, 2.45) is 5.92 Å². The van der Waals surface area contributed by atoms with Gasteiger partial charge in [-0.1, -0.05) is 31.8 Å². The van der Waals surface area contributed by atoms with Gasteiger partial charge < -0.3 is 20.3 Å². The van der Waals surface area contributed by atoms with E-state index in [1.807, 2.05) is 13.8 Å². The van der Waals surface area contributed by atoms with Gasteiger partial charge in [0.25, 0.3) is 0 Å². The van der Waals surface area contributed by atoms with Gasteiger partial charge in [-0.2, -0.15) is 4.98 Å². The molecule has 0 saturated carbocycles. The lowest BCUT2D eigenvalue weighted by atomic mass is 9.97. The Balaban J connectivity index is 2.17. The quantitative estimate of drug-likeness (QED) is 0.661. The standard InChI is InChI=1S/C13H24N4O3/c1-4-10(5-2)11(18)8-15-13(19)14-7-6-12-16-9(3)17-20-12/h10-11,18H,4-8H2,1-3H3,(H2,14,15,19). The van der Waals surface area contributed by atoms with Gasteiger partial charge in [0.15, 0.2) is 5.82 Å². The van der Waals surface area contributed by atoms with Crippen LogP contribution in [0.25, 0.3) is 0 Å². The molecule has 0 aliphatic carbocycles. The smallest absolute Gasteiger partial charge is 0.314 e. The zero-order valence-electron chi connectivity index (χ0n) is 12.3. The molecule has 1 aromatic rings. The number of nitrogens with zero attached hydrogens (tertiary/aromatic N) is 2. The van der Waals surface area contributed by atoms with Gasteiger partial charge in [0, 0.05) is 19.5 Å². The minimum Gasteiger partial charge on any atom is -0.391 e. The number of aryl methyl sites for hydroxylation is 1. The molecule has 1 atom stereocenters. The molecule has 0 bridgehead atoms. The molecule has 1 unspecified atom stereocenters. The van der Waals surface area contributed by atoms with Gasteiger partial charge in [0.1, 0.15) is 0 Å². The van der Waals surface area contributed by atoms with E-state index in [0.717, 1.165) is 12.8 Å². The van der Waals surface area contributed by atoms with E-state index in [0.29, 0.717) is 24.7 Å². The van der Waals surface area contributed by atoms with Crippen LogP contribution in [-0.4, -0.2) is 40.5 Å². The predicted molar refractivity (Wildman–Crippen MR) is 74.2 cm³/mol. The molecule has 0 spiro atoms. The first-order valence-corrected chi connectivity index (χ1v) is 7.05. The third-order valence-corrected chi connectivity index (χ3v) is 3.26. The summed E-state index contributed by atoms with van der Waals surface area (Å²) in [6.07, 6.45) is 1.78. The first-order valence-electron chi connectivity index (χ1n) is 7.05. The summed E-state index contributed by atoms with van der Waals surface area (Å²) in [6, 6.07) is -0.300. The summed E-state index contributed by atoms with van der Waals surface area (Å²) < 4.78 is 4.93. The average Bonchev–Trinajstić information content (AvgIpc) is 2.83. The number of nitrogens with one attached hydrogen (secondary N) is 2. The van der Waals surface area contributed by atoms with Crippen molar-refractivity contribution in [3.8, 4) is 0 Å². The van der Waals surface area contributed by atoms with Gasteiger partial charge in [-0.15, -0.1) is 0 Å². The summed E-state index contributed by atoms with van der Waals surface area (Å²) in [5, 5.41) is 18.9. The van der Waals surface area contributed by atoms with Crippen LogP contribution in [0.2, 0.25) is 0 Å². The lowest BCUT2D eigenvalue weighted by Crippen LogP contribution is -2.42. The molecule has 1 aromatic heterocycles. The topological polar surface area (TPSA) is 100 Å². The van der Waals surface area contributed by atoms with Crippen LogP contribution in [0.15, 0.2) is 4.52 Å². The maximum Gasteiger partial charge on any atom is 0.314 e. The molecule has 3 N–H and O–H groups in total. The van der Waals surface area contributed by atoms with E-state index >= 15 is 0 Å².